The minimum atomic E-state index is -0.473. The van der Waals surface area contributed by atoms with Crippen LogP contribution >= 0.6 is 11.6 Å². The lowest BCUT2D eigenvalue weighted by molar-refractivity contribution is 0.255. The van der Waals surface area contributed by atoms with Gasteiger partial charge in [-0.15, -0.1) is 0 Å². The van der Waals surface area contributed by atoms with Crippen molar-refractivity contribution in [3.8, 4) is 11.5 Å². The summed E-state index contributed by atoms with van der Waals surface area (Å²) in [4.78, 5) is 8.78. The Morgan fingerprint density at radius 3 is 2.56 bits per heavy atom. The van der Waals surface area contributed by atoms with Gasteiger partial charge in [0.05, 0.1) is 17.1 Å². The molecule has 1 aromatic heterocycles. The van der Waals surface area contributed by atoms with Gasteiger partial charge in [0.1, 0.15) is 24.6 Å². The average Bonchev–Trinajstić information content (AvgIpc) is 3.64. The fourth-order valence-corrected chi connectivity index (χ4v) is 3.51. The summed E-state index contributed by atoms with van der Waals surface area (Å²) in [5, 5.41) is 3.99. The quantitative estimate of drug-likeness (QED) is 0.331. The monoisotopic (exact) mass is 449 g/mol. The topological polar surface area (TPSA) is 56.3 Å². The van der Waals surface area contributed by atoms with Crippen molar-refractivity contribution in [2.24, 2.45) is 5.92 Å². The summed E-state index contributed by atoms with van der Waals surface area (Å²) in [7, 11) is 0. The van der Waals surface area contributed by atoms with Gasteiger partial charge in [-0.3, -0.25) is 0 Å². The van der Waals surface area contributed by atoms with Crippen molar-refractivity contribution in [2.45, 2.75) is 19.4 Å². The van der Waals surface area contributed by atoms with E-state index in [0.29, 0.717) is 47.7 Å². The Hall–Kier alpha value is -3.38. The Labute approximate surface area is 190 Å². The number of nitrogens with zero attached hydrogens (tertiary/aromatic N) is 2. The third-order valence-electron chi connectivity index (χ3n) is 5.29. The van der Waals surface area contributed by atoms with Gasteiger partial charge in [-0.2, -0.15) is 0 Å². The van der Waals surface area contributed by atoms with Crippen LogP contribution in [0.5, 0.6) is 11.5 Å². The lowest BCUT2D eigenvalue weighted by Crippen LogP contribution is -2.04. The van der Waals surface area contributed by atoms with Crippen LogP contribution in [0.2, 0.25) is 5.02 Å². The van der Waals surface area contributed by atoms with Crippen LogP contribution in [-0.2, 0) is 6.61 Å². The summed E-state index contributed by atoms with van der Waals surface area (Å²) in [6.07, 6.45) is 3.87. The standard InChI is InChI=1S/C25H21ClFN3O2/c26-20-10-18(8-9-21(20)27)30-25-19-11-23(31-13-16-4-2-1-3-5-16)24(32-14-17-6-7-17)12-22(19)28-15-29-25/h1-5,8-12,15,17H,6-7,13-14H2,(H,28,29,30). The van der Waals surface area contributed by atoms with E-state index in [1.165, 1.54) is 31.3 Å². The Morgan fingerprint density at radius 2 is 1.78 bits per heavy atom. The number of benzene rings is 3. The molecular weight excluding hydrogens is 429 g/mol. The number of anilines is 2. The first-order valence-corrected chi connectivity index (χ1v) is 10.8. The molecule has 3 aromatic carbocycles. The van der Waals surface area contributed by atoms with Gasteiger partial charge in [0, 0.05) is 17.1 Å². The Kier molecular flexibility index (Phi) is 5.77. The molecule has 1 fully saturated rings. The SMILES string of the molecule is Fc1ccc(Nc2ncnc3cc(OCC4CC4)c(OCc4ccccc4)cc23)cc1Cl. The maximum Gasteiger partial charge on any atom is 0.163 e. The number of ether oxygens (including phenoxy) is 2. The van der Waals surface area contributed by atoms with E-state index in [-0.39, 0.29) is 5.02 Å². The van der Waals surface area contributed by atoms with Gasteiger partial charge in [-0.1, -0.05) is 41.9 Å². The lowest BCUT2D eigenvalue weighted by atomic mass is 10.2. The second kappa shape index (κ2) is 9.01. The second-order valence-corrected chi connectivity index (χ2v) is 8.23. The first-order valence-electron chi connectivity index (χ1n) is 10.5. The molecule has 0 saturated heterocycles. The minimum absolute atomic E-state index is 0.0380. The number of hydrogen-bond acceptors (Lipinski definition) is 5. The summed E-state index contributed by atoms with van der Waals surface area (Å²) in [5.41, 5.74) is 2.40. The molecule has 1 aliphatic carbocycles. The average molecular weight is 450 g/mol. The van der Waals surface area contributed by atoms with E-state index in [1.54, 1.807) is 6.07 Å². The van der Waals surface area contributed by atoms with E-state index >= 15 is 0 Å². The van der Waals surface area contributed by atoms with Crippen LogP contribution < -0.4 is 14.8 Å². The molecule has 1 saturated carbocycles. The molecule has 4 aromatic rings. The van der Waals surface area contributed by atoms with Crippen LogP contribution in [0, 0.1) is 11.7 Å². The Morgan fingerprint density at radius 1 is 0.969 bits per heavy atom. The fourth-order valence-electron chi connectivity index (χ4n) is 3.33. The van der Waals surface area contributed by atoms with Gasteiger partial charge in [-0.05, 0) is 48.6 Å². The van der Waals surface area contributed by atoms with Gasteiger partial charge in [0.2, 0.25) is 0 Å². The van der Waals surface area contributed by atoms with E-state index in [1.807, 2.05) is 42.5 Å². The van der Waals surface area contributed by atoms with Gasteiger partial charge in [0.25, 0.3) is 0 Å². The largest absolute Gasteiger partial charge is 0.489 e. The van der Waals surface area contributed by atoms with Crippen molar-refractivity contribution in [2.75, 3.05) is 11.9 Å². The van der Waals surface area contributed by atoms with Crippen molar-refractivity contribution >= 4 is 34.0 Å². The summed E-state index contributed by atoms with van der Waals surface area (Å²) < 4.78 is 25.8. The van der Waals surface area contributed by atoms with Gasteiger partial charge in [-0.25, -0.2) is 14.4 Å². The molecular formula is C25H21ClFN3O2. The van der Waals surface area contributed by atoms with Crippen molar-refractivity contribution in [3.63, 3.8) is 0 Å². The van der Waals surface area contributed by atoms with Crippen LogP contribution in [0.4, 0.5) is 15.9 Å². The summed E-state index contributed by atoms with van der Waals surface area (Å²) in [6, 6.07) is 18.2. The first kappa shape index (κ1) is 20.5. The third-order valence-corrected chi connectivity index (χ3v) is 5.58. The molecule has 0 amide bonds. The zero-order valence-corrected chi connectivity index (χ0v) is 18.0. The maximum absolute atomic E-state index is 13.5. The molecule has 0 atom stereocenters. The summed E-state index contributed by atoms with van der Waals surface area (Å²) in [5.74, 6) is 1.99. The van der Waals surface area contributed by atoms with Crippen LogP contribution in [0.1, 0.15) is 18.4 Å². The summed E-state index contributed by atoms with van der Waals surface area (Å²) >= 11 is 5.92. The molecule has 162 valence electrons. The van der Waals surface area contributed by atoms with Gasteiger partial charge < -0.3 is 14.8 Å². The highest BCUT2D eigenvalue weighted by atomic mass is 35.5. The molecule has 1 heterocycles. The molecule has 1 N–H and O–H groups in total. The zero-order chi connectivity index (χ0) is 21.9. The highest BCUT2D eigenvalue weighted by Gasteiger charge is 2.23. The number of halogens is 2. The van der Waals surface area contributed by atoms with Crippen molar-refractivity contribution in [3.05, 3.63) is 83.4 Å². The number of fused-ring (bicyclic) bond motifs is 1. The van der Waals surface area contributed by atoms with E-state index < -0.39 is 5.82 Å². The van der Waals surface area contributed by atoms with E-state index in [2.05, 4.69) is 15.3 Å². The van der Waals surface area contributed by atoms with E-state index in [9.17, 15) is 4.39 Å². The molecule has 0 radical (unpaired) electrons. The van der Waals surface area contributed by atoms with Crippen molar-refractivity contribution in [1.82, 2.24) is 9.97 Å². The van der Waals surface area contributed by atoms with Crippen LogP contribution in [0.3, 0.4) is 0 Å². The van der Waals surface area contributed by atoms with Crippen LogP contribution in [-0.4, -0.2) is 16.6 Å². The second-order valence-electron chi connectivity index (χ2n) is 7.82. The zero-order valence-electron chi connectivity index (χ0n) is 17.2. The maximum atomic E-state index is 13.5. The lowest BCUT2D eigenvalue weighted by Gasteiger charge is -2.15. The highest BCUT2D eigenvalue weighted by Crippen LogP contribution is 2.37. The van der Waals surface area contributed by atoms with E-state index in [4.69, 9.17) is 21.1 Å². The molecule has 0 unspecified atom stereocenters. The first-order chi connectivity index (χ1) is 15.7. The molecule has 32 heavy (non-hydrogen) atoms. The third kappa shape index (κ3) is 4.75. The molecule has 0 bridgehead atoms. The van der Waals surface area contributed by atoms with Gasteiger partial charge in [0.15, 0.2) is 11.5 Å². The van der Waals surface area contributed by atoms with Crippen molar-refractivity contribution < 1.29 is 13.9 Å². The van der Waals surface area contributed by atoms with Gasteiger partial charge >= 0.3 is 0 Å². The number of nitrogens with one attached hydrogen (secondary N) is 1. The molecule has 5 nitrogen and oxygen atoms in total. The predicted octanol–water partition coefficient (Wildman–Crippen LogP) is 6.53. The number of rotatable bonds is 8. The Balaban J connectivity index is 1.48. The Bertz CT molecular complexity index is 1250. The molecule has 1 aliphatic rings. The molecule has 7 heteroatoms. The molecule has 0 aliphatic heterocycles. The normalized spacial score (nSPS) is 13.2. The fraction of sp³-hybridized carbons (Fsp3) is 0.200. The highest BCUT2D eigenvalue weighted by molar-refractivity contribution is 6.31. The smallest absolute Gasteiger partial charge is 0.163 e. The van der Waals surface area contributed by atoms with Crippen LogP contribution in [0.15, 0.2) is 67.0 Å². The molecule has 0 spiro atoms. The van der Waals surface area contributed by atoms with E-state index in [0.717, 1.165) is 10.9 Å². The number of hydrogen-bond donors (Lipinski definition) is 1. The van der Waals surface area contributed by atoms with Crippen molar-refractivity contribution in [1.29, 1.82) is 0 Å². The number of aromatic nitrogens is 2. The predicted molar refractivity (Wildman–Crippen MR) is 123 cm³/mol. The van der Waals surface area contributed by atoms with Crippen LogP contribution in [0.25, 0.3) is 10.9 Å². The summed E-state index contributed by atoms with van der Waals surface area (Å²) in [6.45, 7) is 1.08. The minimum Gasteiger partial charge on any atom is -0.489 e. The molecule has 5 rings (SSSR count).